The molecule has 0 atom stereocenters. The molecule has 0 spiro atoms. The average Bonchev–Trinajstić information content (AvgIpc) is 3.00. The quantitative estimate of drug-likeness (QED) is 0.621. The molecule has 2 aromatic heterocycles. The topological polar surface area (TPSA) is 128 Å². The fourth-order valence-electron chi connectivity index (χ4n) is 2.28. The van der Waals surface area contributed by atoms with Gasteiger partial charge in [-0.05, 0) is 24.3 Å². The highest BCUT2D eigenvalue weighted by Crippen LogP contribution is 2.20. The van der Waals surface area contributed by atoms with Crippen molar-refractivity contribution in [1.82, 2.24) is 19.7 Å². The van der Waals surface area contributed by atoms with Gasteiger partial charge in [0, 0.05) is 18.8 Å². The van der Waals surface area contributed by atoms with E-state index in [1.165, 1.54) is 54.6 Å². The standard InChI is InChI=1S/C16H15ClN6O4S/c1-23-15(12(17)8-20-23)16(24)21-10-3-5-11(6-4-10)28(25,26)22-13-7-14(27-2)19-9-18-13/h3-9H,1-2H3,(H,21,24)(H,18,19,22). The smallest absolute Gasteiger partial charge is 0.275 e. The Morgan fingerprint density at radius 2 is 1.93 bits per heavy atom. The fourth-order valence-corrected chi connectivity index (χ4v) is 3.53. The molecule has 3 aromatic rings. The van der Waals surface area contributed by atoms with Crippen molar-refractivity contribution >= 4 is 39.0 Å². The number of hydrogen-bond acceptors (Lipinski definition) is 7. The largest absolute Gasteiger partial charge is 0.481 e. The maximum Gasteiger partial charge on any atom is 0.275 e. The highest BCUT2D eigenvalue weighted by Gasteiger charge is 2.18. The predicted molar refractivity (Wildman–Crippen MR) is 102 cm³/mol. The number of carbonyl (C=O) groups excluding carboxylic acids is 1. The Balaban J connectivity index is 1.75. The molecule has 0 bridgehead atoms. The van der Waals surface area contributed by atoms with Gasteiger partial charge in [-0.15, -0.1) is 0 Å². The Morgan fingerprint density at radius 3 is 2.54 bits per heavy atom. The zero-order valence-corrected chi connectivity index (χ0v) is 16.3. The van der Waals surface area contributed by atoms with E-state index in [9.17, 15) is 13.2 Å². The molecule has 10 nitrogen and oxygen atoms in total. The van der Waals surface area contributed by atoms with Crippen molar-refractivity contribution in [3.8, 4) is 5.88 Å². The Hall–Kier alpha value is -3.18. The van der Waals surface area contributed by atoms with Crippen LogP contribution < -0.4 is 14.8 Å². The first-order valence-electron chi connectivity index (χ1n) is 7.78. The molecule has 0 unspecified atom stereocenters. The Kier molecular flexibility index (Phi) is 5.47. The van der Waals surface area contributed by atoms with E-state index in [4.69, 9.17) is 16.3 Å². The van der Waals surface area contributed by atoms with Crippen LogP contribution >= 0.6 is 11.6 Å². The van der Waals surface area contributed by atoms with E-state index in [0.717, 1.165) is 0 Å². The maximum absolute atomic E-state index is 12.5. The summed E-state index contributed by atoms with van der Waals surface area (Å²) in [6.07, 6.45) is 2.54. The first-order valence-corrected chi connectivity index (χ1v) is 9.64. The van der Waals surface area contributed by atoms with Crippen LogP contribution in [0.4, 0.5) is 11.5 Å². The number of benzene rings is 1. The highest BCUT2D eigenvalue weighted by molar-refractivity contribution is 7.92. The summed E-state index contributed by atoms with van der Waals surface area (Å²) in [7, 11) is -0.887. The second-order valence-corrected chi connectivity index (χ2v) is 7.58. The first kappa shape index (κ1) is 19.6. The summed E-state index contributed by atoms with van der Waals surface area (Å²) >= 11 is 5.94. The molecule has 0 radical (unpaired) electrons. The number of anilines is 2. The molecular weight excluding hydrogens is 408 g/mol. The number of methoxy groups -OCH3 is 1. The summed E-state index contributed by atoms with van der Waals surface area (Å²) in [5.74, 6) is -0.179. The third-order valence-corrected chi connectivity index (χ3v) is 5.27. The number of rotatable bonds is 6. The van der Waals surface area contributed by atoms with E-state index in [1.807, 2.05) is 0 Å². The molecule has 0 saturated carbocycles. The number of ether oxygens (including phenoxy) is 1. The number of carbonyl (C=O) groups is 1. The van der Waals surface area contributed by atoms with Crippen LogP contribution in [0, 0.1) is 0 Å². The third kappa shape index (κ3) is 4.21. The summed E-state index contributed by atoms with van der Waals surface area (Å²) < 4.78 is 33.6. The van der Waals surface area contributed by atoms with E-state index >= 15 is 0 Å². The van der Waals surface area contributed by atoms with E-state index in [0.29, 0.717) is 5.69 Å². The Bertz CT molecular complexity index is 1090. The van der Waals surface area contributed by atoms with Gasteiger partial charge in [0.1, 0.15) is 17.8 Å². The van der Waals surface area contributed by atoms with E-state index < -0.39 is 15.9 Å². The van der Waals surface area contributed by atoms with Crippen LogP contribution in [-0.4, -0.2) is 41.2 Å². The molecule has 146 valence electrons. The van der Waals surface area contributed by atoms with Crippen molar-refractivity contribution in [3.05, 3.63) is 53.6 Å². The average molecular weight is 423 g/mol. The minimum absolute atomic E-state index is 0.0124. The summed E-state index contributed by atoms with van der Waals surface area (Å²) in [6, 6.07) is 6.96. The summed E-state index contributed by atoms with van der Waals surface area (Å²) in [6.45, 7) is 0. The molecule has 0 saturated heterocycles. The van der Waals surface area contributed by atoms with Gasteiger partial charge in [-0.2, -0.15) is 5.10 Å². The molecular formula is C16H15ClN6O4S. The molecule has 28 heavy (non-hydrogen) atoms. The number of nitrogens with zero attached hydrogens (tertiary/aromatic N) is 4. The lowest BCUT2D eigenvalue weighted by Gasteiger charge is -2.09. The summed E-state index contributed by atoms with van der Waals surface area (Å²) in [5.41, 5.74) is 0.586. The van der Waals surface area contributed by atoms with E-state index in [1.54, 1.807) is 7.05 Å². The molecule has 1 amide bonds. The van der Waals surface area contributed by atoms with Crippen molar-refractivity contribution in [2.45, 2.75) is 4.90 Å². The SMILES string of the molecule is COc1cc(NS(=O)(=O)c2ccc(NC(=O)c3c(Cl)cnn3C)cc2)ncn1. The first-order chi connectivity index (χ1) is 13.3. The number of nitrogens with one attached hydrogen (secondary N) is 2. The minimum Gasteiger partial charge on any atom is -0.481 e. The lowest BCUT2D eigenvalue weighted by Crippen LogP contribution is -2.17. The van der Waals surface area contributed by atoms with Crippen molar-refractivity contribution in [2.24, 2.45) is 7.05 Å². The van der Waals surface area contributed by atoms with Crippen LogP contribution in [-0.2, 0) is 17.1 Å². The van der Waals surface area contributed by atoms with Gasteiger partial charge in [-0.1, -0.05) is 11.6 Å². The molecule has 1 aromatic carbocycles. The molecule has 0 fully saturated rings. The fraction of sp³-hybridized carbons (Fsp3) is 0.125. The van der Waals surface area contributed by atoms with Gasteiger partial charge < -0.3 is 10.1 Å². The number of aryl methyl sites for hydroxylation is 1. The van der Waals surface area contributed by atoms with Gasteiger partial charge in [-0.25, -0.2) is 18.4 Å². The molecule has 0 aliphatic heterocycles. The zero-order chi connectivity index (χ0) is 20.3. The van der Waals surface area contributed by atoms with Gasteiger partial charge >= 0.3 is 0 Å². The minimum atomic E-state index is -3.88. The van der Waals surface area contributed by atoms with Crippen LogP contribution in [0.5, 0.6) is 5.88 Å². The highest BCUT2D eigenvalue weighted by atomic mass is 35.5. The van der Waals surface area contributed by atoms with Gasteiger partial charge in [0.05, 0.1) is 23.2 Å². The monoisotopic (exact) mass is 422 g/mol. The Labute approximate surface area is 165 Å². The van der Waals surface area contributed by atoms with Crippen molar-refractivity contribution < 1.29 is 17.9 Å². The maximum atomic E-state index is 12.5. The van der Waals surface area contributed by atoms with E-state index in [-0.39, 0.29) is 27.3 Å². The molecule has 0 aliphatic rings. The van der Waals surface area contributed by atoms with Gasteiger partial charge in [0.25, 0.3) is 15.9 Å². The van der Waals surface area contributed by atoms with Crippen molar-refractivity contribution in [2.75, 3.05) is 17.1 Å². The second-order valence-electron chi connectivity index (χ2n) is 5.49. The second kappa shape index (κ2) is 7.82. The predicted octanol–water partition coefficient (Wildman–Crippen LogP) is 1.93. The zero-order valence-electron chi connectivity index (χ0n) is 14.7. The van der Waals surface area contributed by atoms with Crippen LogP contribution in [0.2, 0.25) is 5.02 Å². The number of amides is 1. The van der Waals surface area contributed by atoms with Crippen molar-refractivity contribution in [1.29, 1.82) is 0 Å². The number of sulfonamides is 1. The van der Waals surface area contributed by atoms with Crippen LogP contribution in [0.3, 0.4) is 0 Å². The molecule has 0 aliphatic carbocycles. The van der Waals surface area contributed by atoms with Gasteiger partial charge in [0.2, 0.25) is 5.88 Å². The van der Waals surface area contributed by atoms with Crippen LogP contribution in [0.25, 0.3) is 0 Å². The summed E-state index contributed by atoms with van der Waals surface area (Å²) in [4.78, 5) is 19.9. The van der Waals surface area contributed by atoms with Gasteiger partial charge in [-0.3, -0.25) is 14.2 Å². The molecule has 3 rings (SSSR count). The lowest BCUT2D eigenvalue weighted by atomic mass is 10.3. The number of aromatic nitrogens is 4. The lowest BCUT2D eigenvalue weighted by molar-refractivity contribution is 0.101. The van der Waals surface area contributed by atoms with E-state index in [2.05, 4.69) is 25.1 Å². The van der Waals surface area contributed by atoms with Crippen LogP contribution in [0.1, 0.15) is 10.5 Å². The normalized spacial score (nSPS) is 11.1. The Morgan fingerprint density at radius 1 is 1.21 bits per heavy atom. The van der Waals surface area contributed by atoms with Gasteiger partial charge in [0.15, 0.2) is 0 Å². The number of hydrogen-bond donors (Lipinski definition) is 2. The molecule has 2 N–H and O–H groups in total. The van der Waals surface area contributed by atoms with Crippen LogP contribution in [0.15, 0.2) is 47.8 Å². The van der Waals surface area contributed by atoms with Crippen molar-refractivity contribution in [3.63, 3.8) is 0 Å². The summed E-state index contributed by atoms with van der Waals surface area (Å²) in [5, 5.41) is 6.74. The third-order valence-electron chi connectivity index (χ3n) is 3.62. The molecule has 12 heteroatoms. The molecule has 2 heterocycles. The number of halogens is 1.